The smallest absolute Gasteiger partial charge is 0.336 e. The number of carboxylic acid groups (broad SMARTS) is 2. The lowest BCUT2D eigenvalue weighted by molar-refractivity contribution is 0.0684. The topological polar surface area (TPSA) is 129 Å². The number of rotatable bonds is 3. The van der Waals surface area contributed by atoms with E-state index in [2.05, 4.69) is 0 Å². The highest BCUT2D eigenvalue weighted by Crippen LogP contribution is 2.26. The van der Waals surface area contributed by atoms with Crippen LogP contribution < -0.4 is 0 Å². The summed E-state index contributed by atoms with van der Waals surface area (Å²) in [6.45, 7) is 0. The molecule has 0 heterocycles. The first-order valence-corrected chi connectivity index (χ1v) is 6.66. The van der Waals surface area contributed by atoms with Gasteiger partial charge in [-0.1, -0.05) is 6.07 Å². The molecule has 0 aliphatic heterocycles. The highest BCUT2D eigenvalue weighted by atomic mass is 32.2. The second kappa shape index (κ2) is 4.58. The number of hydrogen-bond donors (Lipinski definition) is 3. The van der Waals surface area contributed by atoms with Crippen LogP contribution in [0.15, 0.2) is 35.2 Å². The minimum Gasteiger partial charge on any atom is -0.478 e. The molecule has 0 bridgehead atoms. The van der Waals surface area contributed by atoms with Crippen LogP contribution >= 0.6 is 0 Å². The van der Waals surface area contributed by atoms with Crippen LogP contribution in [0.2, 0.25) is 0 Å². The zero-order valence-corrected chi connectivity index (χ0v) is 10.6. The van der Waals surface area contributed by atoms with E-state index in [0.29, 0.717) is 0 Å². The summed E-state index contributed by atoms with van der Waals surface area (Å²) in [7, 11) is -4.51. The van der Waals surface area contributed by atoms with Gasteiger partial charge >= 0.3 is 11.9 Å². The first-order valence-electron chi connectivity index (χ1n) is 5.22. The lowest BCUT2D eigenvalue weighted by Gasteiger charge is -2.07. The Hall–Kier alpha value is -2.45. The molecule has 0 amide bonds. The van der Waals surface area contributed by atoms with Crippen LogP contribution in [0.4, 0.5) is 0 Å². The minimum atomic E-state index is -4.51. The van der Waals surface area contributed by atoms with Crippen molar-refractivity contribution in [2.75, 3.05) is 0 Å². The Balaban J connectivity index is 2.94. The molecule has 0 aliphatic rings. The fourth-order valence-corrected chi connectivity index (χ4v) is 2.37. The van der Waals surface area contributed by atoms with Gasteiger partial charge in [-0.3, -0.25) is 4.55 Å². The molecule has 2 aromatic rings. The van der Waals surface area contributed by atoms with Crippen LogP contribution in [-0.4, -0.2) is 35.1 Å². The third-order valence-electron chi connectivity index (χ3n) is 2.75. The second-order valence-electron chi connectivity index (χ2n) is 3.95. The van der Waals surface area contributed by atoms with Crippen LogP contribution in [0.25, 0.3) is 10.8 Å². The summed E-state index contributed by atoms with van der Waals surface area (Å²) >= 11 is 0. The second-order valence-corrected chi connectivity index (χ2v) is 5.37. The van der Waals surface area contributed by atoms with E-state index in [-0.39, 0.29) is 21.9 Å². The molecule has 0 fully saturated rings. The molecule has 7 nitrogen and oxygen atoms in total. The third-order valence-corrected chi connectivity index (χ3v) is 3.60. The predicted octanol–water partition coefficient (Wildman–Crippen LogP) is 1.48. The average molecular weight is 296 g/mol. The maximum Gasteiger partial charge on any atom is 0.336 e. The molecule has 3 N–H and O–H groups in total. The Bertz CT molecular complexity index is 836. The number of carboxylic acids is 2. The standard InChI is InChI=1S/C12H8O7S/c13-11(14)8-3-4-9(12(15)16)10-5-6(20(17,18)19)1-2-7(8)10/h1-5H,(H,13,14)(H,15,16)(H,17,18,19). The molecule has 0 unspecified atom stereocenters. The first-order chi connectivity index (χ1) is 9.21. The zero-order chi connectivity index (χ0) is 15.1. The average Bonchev–Trinajstić information content (AvgIpc) is 2.35. The van der Waals surface area contributed by atoms with Gasteiger partial charge in [-0.05, 0) is 35.0 Å². The Labute approximate surface area is 112 Å². The van der Waals surface area contributed by atoms with Gasteiger partial charge in [-0.25, -0.2) is 9.59 Å². The van der Waals surface area contributed by atoms with Gasteiger partial charge in [-0.15, -0.1) is 0 Å². The van der Waals surface area contributed by atoms with Crippen LogP contribution in [-0.2, 0) is 10.1 Å². The molecule has 2 aromatic carbocycles. The maximum absolute atomic E-state index is 11.1. The van der Waals surface area contributed by atoms with Gasteiger partial charge in [0.25, 0.3) is 10.1 Å². The number of hydrogen-bond acceptors (Lipinski definition) is 4. The predicted molar refractivity (Wildman–Crippen MR) is 67.7 cm³/mol. The molecule has 0 spiro atoms. The van der Waals surface area contributed by atoms with Crippen LogP contribution in [0.5, 0.6) is 0 Å². The lowest BCUT2D eigenvalue weighted by atomic mass is 9.99. The summed E-state index contributed by atoms with van der Waals surface area (Å²) < 4.78 is 31.1. The van der Waals surface area contributed by atoms with Crippen molar-refractivity contribution < 1.29 is 32.8 Å². The monoisotopic (exact) mass is 296 g/mol. The van der Waals surface area contributed by atoms with Gasteiger partial charge in [0.1, 0.15) is 0 Å². The van der Waals surface area contributed by atoms with E-state index in [0.717, 1.165) is 30.3 Å². The van der Waals surface area contributed by atoms with Gasteiger partial charge in [0, 0.05) is 0 Å². The molecule has 0 radical (unpaired) electrons. The largest absolute Gasteiger partial charge is 0.478 e. The minimum absolute atomic E-state index is 0.0739. The summed E-state index contributed by atoms with van der Waals surface area (Å²) in [6, 6.07) is 5.29. The number of benzene rings is 2. The Morgan fingerprint density at radius 1 is 0.850 bits per heavy atom. The van der Waals surface area contributed by atoms with E-state index in [1.165, 1.54) is 0 Å². The molecule has 0 atom stereocenters. The van der Waals surface area contributed by atoms with Crippen molar-refractivity contribution in [3.63, 3.8) is 0 Å². The molecule has 104 valence electrons. The van der Waals surface area contributed by atoms with Crippen molar-refractivity contribution in [3.8, 4) is 0 Å². The zero-order valence-electron chi connectivity index (χ0n) is 9.77. The normalized spacial score (nSPS) is 11.4. The number of fused-ring (bicyclic) bond motifs is 1. The fraction of sp³-hybridized carbons (Fsp3) is 0. The molecule has 8 heteroatoms. The molecular weight excluding hydrogens is 288 g/mol. The van der Waals surface area contributed by atoms with Crippen LogP contribution in [0.3, 0.4) is 0 Å². The molecule has 0 saturated heterocycles. The molecular formula is C12H8O7S. The molecule has 0 aromatic heterocycles. The lowest BCUT2D eigenvalue weighted by Crippen LogP contribution is -2.05. The van der Waals surface area contributed by atoms with Gasteiger partial charge < -0.3 is 10.2 Å². The van der Waals surface area contributed by atoms with E-state index in [1.807, 2.05) is 0 Å². The van der Waals surface area contributed by atoms with Crippen molar-refractivity contribution in [2.24, 2.45) is 0 Å². The van der Waals surface area contributed by atoms with Gasteiger partial charge in [-0.2, -0.15) is 8.42 Å². The molecule has 2 rings (SSSR count). The summed E-state index contributed by atoms with van der Waals surface area (Å²) in [5.41, 5.74) is -0.414. The number of carbonyl (C=O) groups is 2. The first kappa shape index (κ1) is 14.0. The summed E-state index contributed by atoms with van der Waals surface area (Å²) in [5.74, 6) is -2.61. The van der Waals surface area contributed by atoms with E-state index in [9.17, 15) is 18.0 Å². The Morgan fingerprint density at radius 2 is 1.35 bits per heavy atom. The Morgan fingerprint density at radius 3 is 1.80 bits per heavy atom. The highest BCUT2D eigenvalue weighted by Gasteiger charge is 2.18. The SMILES string of the molecule is O=C(O)c1ccc(C(=O)O)c2cc(S(=O)(=O)O)ccc12. The van der Waals surface area contributed by atoms with Gasteiger partial charge in [0.2, 0.25) is 0 Å². The van der Waals surface area contributed by atoms with E-state index >= 15 is 0 Å². The maximum atomic E-state index is 11.1. The van der Waals surface area contributed by atoms with E-state index in [4.69, 9.17) is 14.8 Å². The van der Waals surface area contributed by atoms with Crippen molar-refractivity contribution in [3.05, 3.63) is 41.5 Å². The van der Waals surface area contributed by atoms with Crippen LogP contribution in [0.1, 0.15) is 20.7 Å². The van der Waals surface area contributed by atoms with Crippen LogP contribution in [0, 0.1) is 0 Å². The number of aromatic carboxylic acids is 2. The molecule has 0 saturated carbocycles. The fourth-order valence-electron chi connectivity index (χ4n) is 1.86. The van der Waals surface area contributed by atoms with Crippen molar-refractivity contribution in [2.45, 2.75) is 4.90 Å². The third kappa shape index (κ3) is 2.33. The van der Waals surface area contributed by atoms with Gasteiger partial charge in [0.05, 0.1) is 16.0 Å². The molecule has 0 aliphatic carbocycles. The Kier molecular flexibility index (Phi) is 3.20. The van der Waals surface area contributed by atoms with Crippen molar-refractivity contribution >= 4 is 32.8 Å². The highest BCUT2D eigenvalue weighted by molar-refractivity contribution is 7.85. The van der Waals surface area contributed by atoms with E-state index < -0.39 is 27.0 Å². The summed E-state index contributed by atoms with van der Waals surface area (Å²) in [4.78, 5) is 21.7. The summed E-state index contributed by atoms with van der Waals surface area (Å²) in [5, 5.41) is 18.1. The van der Waals surface area contributed by atoms with Crippen molar-refractivity contribution in [1.29, 1.82) is 0 Å². The van der Waals surface area contributed by atoms with Crippen molar-refractivity contribution in [1.82, 2.24) is 0 Å². The van der Waals surface area contributed by atoms with E-state index in [1.54, 1.807) is 0 Å². The van der Waals surface area contributed by atoms with Gasteiger partial charge in [0.15, 0.2) is 0 Å². The quantitative estimate of drug-likeness (QED) is 0.731. The molecule has 20 heavy (non-hydrogen) atoms. The summed E-state index contributed by atoms with van der Waals surface area (Å²) in [6.07, 6.45) is 0.